The summed E-state index contributed by atoms with van der Waals surface area (Å²) in [6.45, 7) is 9.23. The number of hydrogen-bond acceptors (Lipinski definition) is 7. The Morgan fingerprint density at radius 3 is 2.06 bits per heavy atom. The lowest BCUT2D eigenvalue weighted by molar-refractivity contribution is -0.179. The van der Waals surface area contributed by atoms with E-state index < -0.39 is 58.6 Å². The molecule has 0 saturated carbocycles. The maximum Gasteiger partial charge on any atom is 0.421 e. The van der Waals surface area contributed by atoms with Crippen molar-refractivity contribution in [2.45, 2.75) is 76.9 Å². The van der Waals surface area contributed by atoms with Gasteiger partial charge < -0.3 is 14.4 Å². The number of imide groups is 1. The number of halogens is 3. The molecule has 0 bridgehead atoms. The number of alkyl halides is 3. The van der Waals surface area contributed by atoms with Crippen molar-refractivity contribution in [2.75, 3.05) is 16.4 Å². The molecule has 1 saturated heterocycles. The van der Waals surface area contributed by atoms with E-state index in [1.165, 1.54) is 24.0 Å². The number of benzene rings is 3. The van der Waals surface area contributed by atoms with Crippen molar-refractivity contribution in [3.63, 3.8) is 0 Å². The summed E-state index contributed by atoms with van der Waals surface area (Å²) in [6.07, 6.45) is -6.30. The van der Waals surface area contributed by atoms with Gasteiger partial charge in [0.05, 0.1) is 18.8 Å². The molecule has 12 heteroatoms. The second-order valence-corrected chi connectivity index (χ2v) is 13.5. The number of ether oxygens (including phenoxy) is 2. The van der Waals surface area contributed by atoms with Crippen LogP contribution in [0.25, 0.3) is 0 Å². The van der Waals surface area contributed by atoms with Crippen molar-refractivity contribution in [1.82, 2.24) is 5.32 Å². The molecule has 1 fully saturated rings. The second kappa shape index (κ2) is 11.2. The summed E-state index contributed by atoms with van der Waals surface area (Å²) in [4.78, 5) is 60.5. The number of aryl methyl sites for hydroxylation is 2. The number of anilines is 2. The maximum absolute atomic E-state index is 15.4. The number of esters is 1. The first-order valence-corrected chi connectivity index (χ1v) is 15.7. The highest BCUT2D eigenvalue weighted by molar-refractivity contribution is 6.27. The van der Waals surface area contributed by atoms with Gasteiger partial charge in [-0.3, -0.25) is 19.7 Å². The SMILES string of the molecule is CCOC(=O)[C@H]1[C@H](C(F)(F)F)N[C@]2(C(=O)N(Cc3ccccc3)c3ccc(C)cc32)[C@]12C(=O)N(C(=O)OC(C)(C)C)c1ccc(C)cc12. The highest BCUT2D eigenvalue weighted by Crippen LogP contribution is 2.66. The Morgan fingerprint density at radius 1 is 0.875 bits per heavy atom. The molecule has 1 N–H and O–H groups in total. The molecule has 0 radical (unpaired) electrons. The van der Waals surface area contributed by atoms with Crippen LogP contribution < -0.4 is 15.1 Å². The highest BCUT2D eigenvalue weighted by atomic mass is 19.4. The zero-order chi connectivity index (χ0) is 35.0. The second-order valence-electron chi connectivity index (χ2n) is 13.5. The molecule has 0 aliphatic carbocycles. The van der Waals surface area contributed by atoms with E-state index in [2.05, 4.69) is 5.32 Å². The van der Waals surface area contributed by atoms with Crippen molar-refractivity contribution in [3.8, 4) is 0 Å². The van der Waals surface area contributed by atoms with Crippen molar-refractivity contribution < 1.29 is 41.8 Å². The van der Waals surface area contributed by atoms with E-state index in [1.807, 2.05) is 0 Å². The third-order valence-electron chi connectivity index (χ3n) is 9.19. The van der Waals surface area contributed by atoms with Gasteiger partial charge in [-0.25, -0.2) is 9.69 Å². The van der Waals surface area contributed by atoms with E-state index in [9.17, 15) is 9.59 Å². The monoisotopic (exact) mass is 663 g/mol. The Balaban J connectivity index is 1.74. The molecular weight excluding hydrogens is 627 g/mol. The fourth-order valence-corrected chi connectivity index (χ4v) is 7.50. The van der Waals surface area contributed by atoms with Crippen molar-refractivity contribution in [3.05, 3.63) is 94.5 Å². The van der Waals surface area contributed by atoms with Crippen LogP contribution in [-0.4, -0.2) is 48.3 Å². The molecule has 3 aliphatic rings. The molecule has 3 amide bonds. The lowest BCUT2D eigenvalue weighted by Gasteiger charge is -2.40. The first kappa shape index (κ1) is 33.2. The Kier molecular flexibility index (Phi) is 7.74. The minimum absolute atomic E-state index is 0.0410. The lowest BCUT2D eigenvalue weighted by Crippen LogP contribution is -2.64. The Bertz CT molecular complexity index is 1840. The number of amides is 3. The van der Waals surface area contributed by atoms with Crippen molar-refractivity contribution in [2.24, 2.45) is 5.92 Å². The van der Waals surface area contributed by atoms with Gasteiger partial charge in [0.25, 0.3) is 11.8 Å². The first-order chi connectivity index (χ1) is 22.5. The first-order valence-electron chi connectivity index (χ1n) is 15.7. The topological polar surface area (TPSA) is 105 Å². The van der Waals surface area contributed by atoms with Crippen LogP contribution in [0.15, 0.2) is 66.7 Å². The molecule has 0 aromatic heterocycles. The summed E-state index contributed by atoms with van der Waals surface area (Å²) in [6, 6.07) is 15.5. The van der Waals surface area contributed by atoms with Crippen LogP contribution in [0.4, 0.5) is 29.3 Å². The van der Waals surface area contributed by atoms with Crippen molar-refractivity contribution >= 4 is 35.3 Å². The normalized spacial score (nSPS) is 24.8. The molecule has 252 valence electrons. The van der Waals surface area contributed by atoms with Gasteiger partial charge in [-0.2, -0.15) is 13.2 Å². The smallest absolute Gasteiger partial charge is 0.421 e. The van der Waals surface area contributed by atoms with E-state index in [1.54, 1.807) is 89.2 Å². The molecule has 4 atom stereocenters. The molecule has 3 aliphatic heterocycles. The van der Waals surface area contributed by atoms with Gasteiger partial charge in [-0.1, -0.05) is 65.7 Å². The van der Waals surface area contributed by atoms with E-state index in [0.717, 1.165) is 0 Å². The predicted octanol–water partition coefficient (Wildman–Crippen LogP) is 5.98. The number of nitrogens with zero attached hydrogens (tertiary/aromatic N) is 2. The molecule has 9 nitrogen and oxygen atoms in total. The van der Waals surface area contributed by atoms with Gasteiger partial charge in [-0.05, 0) is 64.8 Å². The van der Waals surface area contributed by atoms with Crippen LogP contribution >= 0.6 is 0 Å². The zero-order valence-electron chi connectivity index (χ0n) is 27.4. The van der Waals surface area contributed by atoms with Gasteiger partial charge in [0.2, 0.25) is 0 Å². The van der Waals surface area contributed by atoms with E-state index >= 15 is 22.8 Å². The largest absolute Gasteiger partial charge is 0.466 e. The Labute approximate surface area is 276 Å². The number of carbonyl (C=O) groups is 4. The lowest BCUT2D eigenvalue weighted by atomic mass is 9.58. The molecule has 3 aromatic rings. The molecule has 3 heterocycles. The van der Waals surface area contributed by atoms with Crippen LogP contribution in [0.1, 0.15) is 55.5 Å². The summed E-state index contributed by atoms with van der Waals surface area (Å²) >= 11 is 0. The minimum atomic E-state index is -5.14. The van der Waals surface area contributed by atoms with Crippen LogP contribution in [0.3, 0.4) is 0 Å². The molecular formula is C36H36F3N3O6. The predicted molar refractivity (Wildman–Crippen MR) is 170 cm³/mol. The average molecular weight is 664 g/mol. The maximum atomic E-state index is 15.4. The highest BCUT2D eigenvalue weighted by Gasteiger charge is 2.83. The minimum Gasteiger partial charge on any atom is -0.466 e. The standard InChI is InChI=1S/C36H36F3N3O6/c1-7-47-29(43)27-28(36(37,38)39)40-35(24-18-21(3)13-15-25(24)41(31(35)45)19-22-11-9-8-10-12-22)34(27)23-17-20(2)14-16-26(23)42(30(34)44)32(46)48-33(4,5)6/h8-18,27-28,40H,7,19H2,1-6H3/t27-,28-,34+,35-/m1/s1. The number of nitrogens with one attached hydrogen (secondary N) is 1. The number of fused-ring (bicyclic) bond motifs is 5. The number of rotatable bonds is 4. The van der Waals surface area contributed by atoms with Crippen molar-refractivity contribution in [1.29, 1.82) is 0 Å². The Morgan fingerprint density at radius 2 is 1.48 bits per heavy atom. The quantitative estimate of drug-likeness (QED) is 0.343. The molecule has 6 rings (SSSR count). The summed E-state index contributed by atoms with van der Waals surface area (Å²) < 4.78 is 57.0. The fraction of sp³-hybridized carbons (Fsp3) is 0.389. The third-order valence-corrected chi connectivity index (χ3v) is 9.19. The summed E-state index contributed by atoms with van der Waals surface area (Å²) in [5, 5.41) is 2.56. The molecule has 3 aromatic carbocycles. The molecule has 2 spiro atoms. The van der Waals surface area contributed by atoms with E-state index in [4.69, 9.17) is 9.47 Å². The van der Waals surface area contributed by atoms with Gasteiger partial charge in [-0.15, -0.1) is 0 Å². The van der Waals surface area contributed by atoms with Gasteiger partial charge in [0, 0.05) is 11.3 Å². The summed E-state index contributed by atoms with van der Waals surface area (Å²) in [5.41, 5.74) is -4.25. The van der Waals surface area contributed by atoms with Crippen LogP contribution in [0, 0.1) is 19.8 Å². The van der Waals surface area contributed by atoms with Crippen LogP contribution in [0.5, 0.6) is 0 Å². The summed E-state index contributed by atoms with van der Waals surface area (Å²) in [5.74, 6) is -5.72. The average Bonchev–Trinajstić information content (AvgIpc) is 3.55. The van der Waals surface area contributed by atoms with E-state index in [0.29, 0.717) is 21.6 Å². The zero-order valence-corrected chi connectivity index (χ0v) is 27.4. The van der Waals surface area contributed by atoms with E-state index in [-0.39, 0.29) is 35.7 Å². The molecule has 0 unspecified atom stereocenters. The third kappa shape index (κ3) is 4.71. The van der Waals surface area contributed by atoms with Gasteiger partial charge in [0.15, 0.2) is 0 Å². The summed E-state index contributed by atoms with van der Waals surface area (Å²) in [7, 11) is 0. The molecule has 48 heavy (non-hydrogen) atoms. The van der Waals surface area contributed by atoms with Crippen LogP contribution in [0.2, 0.25) is 0 Å². The van der Waals surface area contributed by atoms with Gasteiger partial charge in [0.1, 0.15) is 28.5 Å². The number of carbonyl (C=O) groups excluding carboxylic acids is 4. The number of hydrogen-bond donors (Lipinski definition) is 1. The Hall–Kier alpha value is -4.71. The van der Waals surface area contributed by atoms with Crippen LogP contribution in [-0.2, 0) is 41.4 Å². The van der Waals surface area contributed by atoms with Gasteiger partial charge >= 0.3 is 18.2 Å². The fourth-order valence-electron chi connectivity index (χ4n) is 7.50.